The van der Waals surface area contributed by atoms with Crippen LogP contribution in [0.3, 0.4) is 0 Å². The Kier molecular flexibility index (Phi) is 7.26. The molecule has 2 aromatic carbocycles. The van der Waals surface area contributed by atoms with Crippen LogP contribution in [0.1, 0.15) is 27.6 Å². The first-order valence-electron chi connectivity index (χ1n) is 9.60. The van der Waals surface area contributed by atoms with Gasteiger partial charge in [0, 0.05) is 12.1 Å². The lowest BCUT2D eigenvalue weighted by molar-refractivity contribution is -0.143. The van der Waals surface area contributed by atoms with E-state index in [1.54, 1.807) is 35.8 Å². The van der Waals surface area contributed by atoms with Crippen LogP contribution in [-0.4, -0.2) is 50.3 Å². The molecule has 10 heteroatoms. The van der Waals surface area contributed by atoms with Crippen molar-refractivity contribution in [2.75, 3.05) is 27.9 Å². The fourth-order valence-electron chi connectivity index (χ4n) is 3.08. The summed E-state index contributed by atoms with van der Waals surface area (Å²) < 4.78 is 22.8. The number of esters is 2. The highest BCUT2D eigenvalue weighted by Crippen LogP contribution is 2.33. The van der Waals surface area contributed by atoms with E-state index >= 15 is 0 Å². The molecule has 0 fully saturated rings. The molecule has 0 spiro atoms. The van der Waals surface area contributed by atoms with Gasteiger partial charge in [0.25, 0.3) is 5.91 Å². The maximum atomic E-state index is 13.0. The smallest absolute Gasteiger partial charge is 0.338 e. The number of carbonyl (C=O) groups is 3. The maximum absolute atomic E-state index is 13.0. The minimum absolute atomic E-state index is 0.0923. The van der Waals surface area contributed by atoms with Gasteiger partial charge in [-0.1, -0.05) is 23.5 Å². The van der Waals surface area contributed by atoms with E-state index in [4.69, 9.17) is 18.9 Å². The van der Waals surface area contributed by atoms with Crippen LogP contribution >= 0.6 is 11.3 Å². The molecule has 0 aliphatic rings. The minimum Gasteiger partial charge on any atom is -0.493 e. The van der Waals surface area contributed by atoms with Crippen LogP contribution in [0.4, 0.5) is 0 Å². The van der Waals surface area contributed by atoms with Gasteiger partial charge in [0.05, 0.1) is 49.3 Å². The number of amides is 1. The molecular weight excluding hydrogens is 436 g/mol. The molecule has 0 bridgehead atoms. The number of benzene rings is 2. The molecule has 0 aliphatic carbocycles. The Hall–Kier alpha value is -3.66. The van der Waals surface area contributed by atoms with Gasteiger partial charge in [0.1, 0.15) is 6.54 Å². The quantitative estimate of drug-likeness (QED) is 0.501. The average molecular weight is 458 g/mol. The van der Waals surface area contributed by atoms with E-state index in [1.807, 2.05) is 0 Å². The number of ether oxygens (including phenoxy) is 4. The third-order valence-corrected chi connectivity index (χ3v) is 5.58. The zero-order chi connectivity index (χ0) is 23.3. The first-order chi connectivity index (χ1) is 15.4. The lowest BCUT2D eigenvalue weighted by Crippen LogP contribution is -2.23. The molecule has 0 saturated heterocycles. The second-order valence-electron chi connectivity index (χ2n) is 6.40. The SMILES string of the molecule is CCOC(=O)Cn1c(=NC(=O)c2ccccc2C(=O)OC)sc2cc(OC)c(OC)cc21. The number of thiazole rings is 1. The van der Waals surface area contributed by atoms with Crippen LogP contribution in [0.15, 0.2) is 41.4 Å². The van der Waals surface area contributed by atoms with Crippen LogP contribution in [-0.2, 0) is 20.8 Å². The summed E-state index contributed by atoms with van der Waals surface area (Å²) in [4.78, 5) is 41.8. The van der Waals surface area contributed by atoms with Crippen molar-refractivity contribution in [3.05, 3.63) is 52.3 Å². The van der Waals surface area contributed by atoms with E-state index in [9.17, 15) is 14.4 Å². The van der Waals surface area contributed by atoms with Crippen molar-refractivity contribution in [2.24, 2.45) is 4.99 Å². The molecule has 32 heavy (non-hydrogen) atoms. The van der Waals surface area contributed by atoms with Gasteiger partial charge in [-0.2, -0.15) is 4.99 Å². The summed E-state index contributed by atoms with van der Waals surface area (Å²) in [6, 6.07) is 9.68. The van der Waals surface area contributed by atoms with Gasteiger partial charge in [0.15, 0.2) is 16.3 Å². The van der Waals surface area contributed by atoms with Gasteiger partial charge in [0.2, 0.25) is 0 Å². The minimum atomic E-state index is -0.644. The Balaban J connectivity index is 2.20. The van der Waals surface area contributed by atoms with Crippen molar-refractivity contribution in [1.29, 1.82) is 0 Å². The Morgan fingerprint density at radius 2 is 1.66 bits per heavy atom. The molecule has 9 nitrogen and oxygen atoms in total. The maximum Gasteiger partial charge on any atom is 0.338 e. The molecule has 1 heterocycles. The fourth-order valence-corrected chi connectivity index (χ4v) is 4.11. The monoisotopic (exact) mass is 458 g/mol. The topological polar surface area (TPSA) is 105 Å². The largest absolute Gasteiger partial charge is 0.493 e. The van der Waals surface area contributed by atoms with Gasteiger partial charge >= 0.3 is 11.9 Å². The lowest BCUT2D eigenvalue weighted by Gasteiger charge is -2.09. The third kappa shape index (κ3) is 4.65. The number of fused-ring (bicyclic) bond motifs is 1. The number of hydrogen-bond donors (Lipinski definition) is 0. The number of hydrogen-bond acceptors (Lipinski definition) is 8. The molecule has 0 radical (unpaired) electrons. The average Bonchev–Trinajstić information content (AvgIpc) is 3.13. The Labute approximate surface area is 187 Å². The van der Waals surface area contributed by atoms with Crippen molar-refractivity contribution in [3.8, 4) is 11.5 Å². The van der Waals surface area contributed by atoms with E-state index in [0.717, 1.165) is 4.70 Å². The zero-order valence-electron chi connectivity index (χ0n) is 18.0. The summed E-state index contributed by atoms with van der Waals surface area (Å²) in [5.41, 5.74) is 0.813. The number of rotatable bonds is 7. The third-order valence-electron chi connectivity index (χ3n) is 4.54. The first-order valence-corrected chi connectivity index (χ1v) is 10.4. The van der Waals surface area contributed by atoms with E-state index in [1.165, 1.54) is 44.8 Å². The zero-order valence-corrected chi connectivity index (χ0v) is 18.9. The molecule has 0 N–H and O–H groups in total. The molecular formula is C22H22N2O7S. The summed E-state index contributed by atoms with van der Waals surface area (Å²) in [5, 5.41) is 0. The van der Waals surface area contributed by atoms with Gasteiger partial charge in [-0.25, -0.2) is 4.79 Å². The first kappa shape index (κ1) is 23.0. The number of methoxy groups -OCH3 is 3. The Bertz CT molecular complexity index is 1240. The summed E-state index contributed by atoms with van der Waals surface area (Å²) in [6.07, 6.45) is 0. The highest BCUT2D eigenvalue weighted by Gasteiger charge is 2.19. The molecule has 0 atom stereocenters. The second-order valence-corrected chi connectivity index (χ2v) is 7.41. The molecule has 1 amide bonds. The van der Waals surface area contributed by atoms with Crippen molar-refractivity contribution >= 4 is 39.4 Å². The molecule has 0 unspecified atom stereocenters. The second kappa shape index (κ2) is 10.1. The van der Waals surface area contributed by atoms with E-state index < -0.39 is 17.8 Å². The predicted molar refractivity (Wildman–Crippen MR) is 117 cm³/mol. The van der Waals surface area contributed by atoms with Gasteiger partial charge in [-0.15, -0.1) is 0 Å². The standard InChI is InChI=1S/C22H22N2O7S/c1-5-31-19(25)12-24-15-10-16(28-2)17(29-3)11-18(15)32-22(24)23-20(26)13-8-6-7-9-14(13)21(27)30-4/h6-11H,5,12H2,1-4H3. The van der Waals surface area contributed by atoms with Crippen LogP contribution in [0.2, 0.25) is 0 Å². The van der Waals surface area contributed by atoms with E-state index in [2.05, 4.69) is 4.99 Å². The van der Waals surface area contributed by atoms with Crippen molar-refractivity contribution < 1.29 is 33.3 Å². The van der Waals surface area contributed by atoms with Gasteiger partial charge in [-0.3, -0.25) is 9.59 Å². The van der Waals surface area contributed by atoms with Crippen LogP contribution in [0.25, 0.3) is 10.2 Å². The summed E-state index contributed by atoms with van der Waals surface area (Å²) >= 11 is 1.19. The number of aromatic nitrogens is 1. The summed E-state index contributed by atoms with van der Waals surface area (Å²) in [6.45, 7) is 1.77. The molecule has 3 aromatic rings. The van der Waals surface area contributed by atoms with Crippen molar-refractivity contribution in [1.82, 2.24) is 4.57 Å². The number of nitrogens with zero attached hydrogens (tertiary/aromatic N) is 2. The van der Waals surface area contributed by atoms with Crippen molar-refractivity contribution in [2.45, 2.75) is 13.5 Å². The van der Waals surface area contributed by atoms with E-state index in [0.29, 0.717) is 17.0 Å². The van der Waals surface area contributed by atoms with Gasteiger partial charge in [-0.05, 0) is 19.1 Å². The van der Waals surface area contributed by atoms with Crippen LogP contribution in [0.5, 0.6) is 11.5 Å². The van der Waals surface area contributed by atoms with E-state index in [-0.39, 0.29) is 29.1 Å². The number of carbonyl (C=O) groups excluding carboxylic acids is 3. The molecule has 1 aromatic heterocycles. The lowest BCUT2D eigenvalue weighted by atomic mass is 10.1. The Morgan fingerprint density at radius 1 is 1.00 bits per heavy atom. The summed E-state index contributed by atoms with van der Waals surface area (Å²) in [7, 11) is 4.26. The molecule has 0 aliphatic heterocycles. The highest BCUT2D eigenvalue weighted by molar-refractivity contribution is 7.16. The Morgan fingerprint density at radius 3 is 2.28 bits per heavy atom. The van der Waals surface area contributed by atoms with Gasteiger partial charge < -0.3 is 23.5 Å². The molecule has 0 saturated carbocycles. The van der Waals surface area contributed by atoms with Crippen LogP contribution in [0, 0.1) is 0 Å². The fraction of sp³-hybridized carbons (Fsp3) is 0.273. The normalized spacial score (nSPS) is 11.3. The summed E-state index contributed by atoms with van der Waals surface area (Å²) in [5.74, 6) is -0.808. The van der Waals surface area contributed by atoms with Crippen molar-refractivity contribution in [3.63, 3.8) is 0 Å². The molecule has 168 valence electrons. The predicted octanol–water partition coefficient (Wildman–Crippen LogP) is 2.81. The highest BCUT2D eigenvalue weighted by atomic mass is 32.1. The molecule has 3 rings (SSSR count). The van der Waals surface area contributed by atoms with Crippen LogP contribution < -0.4 is 14.3 Å².